The molecule has 2 saturated heterocycles. The van der Waals surface area contributed by atoms with Gasteiger partial charge in [0.05, 0.1) is 5.92 Å². The number of nitrogens with one attached hydrogen (secondary N) is 4. The summed E-state index contributed by atoms with van der Waals surface area (Å²) >= 11 is 0. The van der Waals surface area contributed by atoms with Crippen LogP contribution in [0.3, 0.4) is 0 Å². The number of rotatable bonds is 11. The average molecular weight is 738 g/mol. The summed E-state index contributed by atoms with van der Waals surface area (Å²) in [5.41, 5.74) is 5.57. The zero-order valence-corrected chi connectivity index (χ0v) is 31.4. The van der Waals surface area contributed by atoms with Crippen LogP contribution in [0.25, 0.3) is 0 Å². The number of ether oxygens (including phenoxy) is 1. The summed E-state index contributed by atoms with van der Waals surface area (Å²) in [4.78, 5) is 63.2. The van der Waals surface area contributed by atoms with Crippen LogP contribution in [0.2, 0.25) is 0 Å². The molecule has 7 rings (SSSR count). The number of carbonyl (C=O) groups excluding carboxylic acids is 4. The van der Waals surface area contributed by atoms with Crippen molar-refractivity contribution in [3.8, 4) is 5.75 Å². The monoisotopic (exact) mass is 737 g/mol. The van der Waals surface area contributed by atoms with Crippen molar-refractivity contribution in [3.05, 3.63) is 77.1 Å². The third-order valence-electron chi connectivity index (χ3n) is 11.0. The Morgan fingerprint density at radius 1 is 1.00 bits per heavy atom. The number of guanidine groups is 1. The second-order valence-corrected chi connectivity index (χ2v) is 14.9. The molecule has 4 N–H and O–H groups in total. The Balaban J connectivity index is 0.838. The van der Waals surface area contributed by atoms with E-state index < -0.39 is 5.92 Å². The molecule has 0 bridgehead atoms. The first-order valence-electron chi connectivity index (χ1n) is 19.1. The van der Waals surface area contributed by atoms with Gasteiger partial charge in [-0.1, -0.05) is 18.9 Å². The number of aryl methyl sites for hydroxylation is 1. The zero-order chi connectivity index (χ0) is 37.8. The lowest BCUT2D eigenvalue weighted by molar-refractivity contribution is -0.134. The Labute approximate surface area is 316 Å². The number of imide groups is 1. The van der Waals surface area contributed by atoms with Crippen molar-refractivity contribution in [1.29, 1.82) is 0 Å². The molecule has 5 aliphatic rings. The van der Waals surface area contributed by atoms with Crippen molar-refractivity contribution in [2.45, 2.75) is 63.6 Å². The molecule has 4 heterocycles. The molecular weight excluding hydrogens is 686 g/mol. The third kappa shape index (κ3) is 8.38. The van der Waals surface area contributed by atoms with Gasteiger partial charge in [0.15, 0.2) is 12.8 Å². The van der Waals surface area contributed by atoms with Crippen molar-refractivity contribution in [2.75, 3.05) is 70.2 Å². The van der Waals surface area contributed by atoms with Crippen molar-refractivity contribution >= 4 is 41.0 Å². The normalized spacial score (nSPS) is 21.7. The predicted molar refractivity (Wildman–Crippen MR) is 207 cm³/mol. The van der Waals surface area contributed by atoms with Gasteiger partial charge >= 0.3 is 0 Å². The summed E-state index contributed by atoms with van der Waals surface area (Å²) in [5.74, 6) is 0.0426. The number of hydrogen-bond acceptors (Lipinski definition) is 11. The average Bonchev–Trinajstić information content (AvgIpc) is 3.83. The van der Waals surface area contributed by atoms with E-state index in [4.69, 9.17) is 9.73 Å². The van der Waals surface area contributed by atoms with Crippen LogP contribution in [-0.4, -0.2) is 116 Å². The number of amides is 4. The highest BCUT2D eigenvalue weighted by Crippen LogP contribution is 2.37. The molecule has 2 atom stereocenters. The Hall–Kier alpha value is -5.37. The fourth-order valence-corrected chi connectivity index (χ4v) is 7.96. The molecule has 14 heteroatoms. The summed E-state index contributed by atoms with van der Waals surface area (Å²) in [7, 11) is 3.59. The van der Waals surface area contributed by atoms with E-state index in [0.717, 1.165) is 79.3 Å². The predicted octanol–water partition coefficient (Wildman–Crippen LogP) is 2.64. The van der Waals surface area contributed by atoms with Gasteiger partial charge in [-0.3, -0.25) is 29.4 Å². The van der Waals surface area contributed by atoms with E-state index in [1.807, 2.05) is 25.3 Å². The van der Waals surface area contributed by atoms with E-state index in [-0.39, 0.29) is 36.4 Å². The van der Waals surface area contributed by atoms with Gasteiger partial charge in [-0.05, 0) is 79.8 Å². The van der Waals surface area contributed by atoms with Crippen molar-refractivity contribution < 1.29 is 23.9 Å². The lowest BCUT2D eigenvalue weighted by Gasteiger charge is -2.36. The van der Waals surface area contributed by atoms with E-state index in [1.165, 1.54) is 12.8 Å². The van der Waals surface area contributed by atoms with Gasteiger partial charge < -0.3 is 35.4 Å². The fourth-order valence-electron chi connectivity index (χ4n) is 7.96. The molecule has 2 aromatic carbocycles. The summed E-state index contributed by atoms with van der Waals surface area (Å²) in [6.07, 6.45) is 8.99. The first kappa shape index (κ1) is 37.0. The highest BCUT2D eigenvalue weighted by molar-refractivity contribution is 6.01. The number of piperazine rings is 1. The zero-order valence-electron chi connectivity index (χ0n) is 31.4. The van der Waals surface area contributed by atoms with E-state index in [0.29, 0.717) is 37.1 Å². The van der Waals surface area contributed by atoms with Gasteiger partial charge in [-0.15, -0.1) is 0 Å². The molecule has 4 aliphatic heterocycles. The molecule has 2 aromatic rings. The molecule has 0 spiro atoms. The minimum absolute atomic E-state index is 0.00973. The number of benzene rings is 2. The lowest BCUT2D eigenvalue weighted by atomic mass is 9.88. The van der Waals surface area contributed by atoms with Gasteiger partial charge in [-0.2, -0.15) is 0 Å². The molecule has 0 aromatic heterocycles. The fraction of sp³-hybridized carbons (Fsp3) is 0.475. The van der Waals surface area contributed by atoms with Gasteiger partial charge in [0.25, 0.3) is 11.8 Å². The molecule has 1 aliphatic carbocycles. The van der Waals surface area contributed by atoms with Crippen molar-refractivity contribution in [1.82, 2.24) is 30.7 Å². The molecule has 1 saturated carbocycles. The smallest absolute Gasteiger partial charge is 0.269 e. The van der Waals surface area contributed by atoms with Crippen LogP contribution < -0.4 is 30.9 Å². The van der Waals surface area contributed by atoms with Gasteiger partial charge in [-0.25, -0.2) is 4.99 Å². The maximum absolute atomic E-state index is 13.1. The quantitative estimate of drug-likeness (QED) is 0.254. The number of aliphatic imine (C=N–C) groups is 1. The van der Waals surface area contributed by atoms with Crippen molar-refractivity contribution in [2.24, 2.45) is 4.99 Å². The molecule has 3 fully saturated rings. The number of fused-ring (bicyclic) bond motifs is 1. The molecule has 2 unspecified atom stereocenters. The minimum atomic E-state index is -0.405. The summed E-state index contributed by atoms with van der Waals surface area (Å²) in [6, 6.07) is 14.2. The van der Waals surface area contributed by atoms with Crippen LogP contribution in [0.15, 0.2) is 71.0 Å². The van der Waals surface area contributed by atoms with Gasteiger partial charge in [0.1, 0.15) is 11.4 Å². The van der Waals surface area contributed by atoms with E-state index in [1.54, 1.807) is 31.1 Å². The molecule has 286 valence electrons. The van der Waals surface area contributed by atoms with Crippen LogP contribution >= 0.6 is 0 Å². The molecule has 14 nitrogen and oxygen atoms in total. The second-order valence-electron chi connectivity index (χ2n) is 14.9. The number of piperidine rings is 1. The highest BCUT2D eigenvalue weighted by Gasteiger charge is 2.41. The highest BCUT2D eigenvalue weighted by atomic mass is 16.5. The van der Waals surface area contributed by atoms with Crippen LogP contribution in [0.1, 0.15) is 55.6 Å². The van der Waals surface area contributed by atoms with Crippen LogP contribution in [-0.2, 0) is 19.2 Å². The van der Waals surface area contributed by atoms with E-state index in [9.17, 15) is 19.2 Å². The second kappa shape index (κ2) is 16.3. The summed E-state index contributed by atoms with van der Waals surface area (Å²) in [6.45, 7) is 6.62. The summed E-state index contributed by atoms with van der Waals surface area (Å²) in [5, 5.41) is 12.1. The van der Waals surface area contributed by atoms with Gasteiger partial charge in [0, 0.05) is 89.0 Å². The van der Waals surface area contributed by atoms with E-state index >= 15 is 0 Å². The number of likely N-dealkylation sites (N-methyl/N-ethyl adjacent to an activating group) is 1. The number of hydrogen-bond donors (Lipinski definition) is 4. The molecular formula is C40H51N9O5. The first-order valence-corrected chi connectivity index (χ1v) is 19.1. The Morgan fingerprint density at radius 3 is 2.48 bits per heavy atom. The number of anilines is 2. The van der Waals surface area contributed by atoms with E-state index in [2.05, 4.69) is 60.2 Å². The minimum Gasteiger partial charge on any atom is -0.484 e. The lowest BCUT2D eigenvalue weighted by Crippen LogP contribution is -2.48. The van der Waals surface area contributed by atoms with Crippen LogP contribution in [0.5, 0.6) is 5.75 Å². The molecule has 4 amide bonds. The first-order chi connectivity index (χ1) is 26.1. The Kier molecular flexibility index (Phi) is 11.2. The number of carbonyl (C=O) groups is 4. The topological polar surface area (TPSA) is 151 Å². The van der Waals surface area contributed by atoms with Crippen LogP contribution in [0.4, 0.5) is 11.4 Å². The molecule has 0 radical (unpaired) electrons. The standard InChI is InChI=1S/C40H51N9O5/c1-26-8-13-31(23-33(26)32-14-15-35(50)44-38(32)52)54-25-36(51)41-16-17-47-18-20-48(21-19-47)29-11-9-28(10-12-29)43-40-42-24-27-22-34(39(53)46(2)3)49(37(27)45-40)30-6-4-5-7-30/h8-13,22-24,30,32,37H,4-7,14-21,25H2,1-3H3,(H,41,51)(H2,42,43,45)(H,44,50,52). The van der Waals surface area contributed by atoms with Crippen LogP contribution in [0, 0.1) is 6.92 Å². The van der Waals surface area contributed by atoms with Gasteiger partial charge in [0.2, 0.25) is 17.8 Å². The summed E-state index contributed by atoms with van der Waals surface area (Å²) < 4.78 is 5.76. The maximum Gasteiger partial charge on any atom is 0.269 e. The SMILES string of the molecule is Cc1ccc(OCC(=O)NCCN2CCN(c3ccc(NC4=NC5C(=CN4)C=C(C(=O)N(C)C)N5C4CCCC4)cc3)CC2)cc1C1CCC(=O)NC1=O. The largest absolute Gasteiger partial charge is 0.484 e. The third-order valence-corrected chi connectivity index (χ3v) is 11.0. The Morgan fingerprint density at radius 2 is 1.76 bits per heavy atom. The van der Waals surface area contributed by atoms with Crippen molar-refractivity contribution in [3.63, 3.8) is 0 Å². The Bertz CT molecular complexity index is 1840. The number of nitrogens with zero attached hydrogens (tertiary/aromatic N) is 5. The molecule has 54 heavy (non-hydrogen) atoms. The maximum atomic E-state index is 13.1.